The van der Waals surface area contributed by atoms with Crippen LogP contribution in [0.4, 0.5) is 5.82 Å². The van der Waals surface area contributed by atoms with Gasteiger partial charge < -0.3 is 5.11 Å². The molecule has 1 fully saturated rings. The number of anilines is 1. The lowest BCUT2D eigenvalue weighted by atomic mass is 10.2. The molecule has 0 saturated heterocycles. The van der Waals surface area contributed by atoms with Crippen molar-refractivity contribution >= 4 is 17.7 Å². The fourth-order valence-corrected chi connectivity index (χ4v) is 2.55. The standard InChI is InChI=1S/C14H20N4O3/c19-13(17-16-12-7-3-4-8-15-12)9-18(10-14(20)21)11-5-1-2-6-11/h3-4,7-8,11H,1-2,5-6,9-10H2,(H,15,16)(H,17,19)(H,20,21). The second-order valence-corrected chi connectivity index (χ2v) is 5.13. The number of nitrogens with one attached hydrogen (secondary N) is 2. The van der Waals surface area contributed by atoms with Crippen LogP contribution in [0.3, 0.4) is 0 Å². The summed E-state index contributed by atoms with van der Waals surface area (Å²) >= 11 is 0. The first-order chi connectivity index (χ1) is 10.1. The maximum atomic E-state index is 11.9. The van der Waals surface area contributed by atoms with E-state index in [4.69, 9.17) is 5.11 Å². The van der Waals surface area contributed by atoms with E-state index in [0.29, 0.717) is 5.82 Å². The fraction of sp³-hybridized carbons (Fsp3) is 0.500. The molecule has 1 saturated carbocycles. The first-order valence-corrected chi connectivity index (χ1v) is 7.07. The van der Waals surface area contributed by atoms with Gasteiger partial charge in [-0.25, -0.2) is 4.98 Å². The van der Waals surface area contributed by atoms with E-state index < -0.39 is 5.97 Å². The highest BCUT2D eigenvalue weighted by atomic mass is 16.4. The third-order valence-electron chi connectivity index (χ3n) is 3.52. The van der Waals surface area contributed by atoms with Crippen molar-refractivity contribution in [3.05, 3.63) is 24.4 Å². The predicted octanol–water partition coefficient (Wildman–Crippen LogP) is 0.854. The Hall–Kier alpha value is -2.15. The lowest BCUT2D eigenvalue weighted by Crippen LogP contribution is -2.45. The maximum Gasteiger partial charge on any atom is 0.317 e. The van der Waals surface area contributed by atoms with Crippen LogP contribution in [-0.2, 0) is 9.59 Å². The number of rotatable bonds is 7. The first-order valence-electron chi connectivity index (χ1n) is 7.07. The molecule has 1 aliphatic rings. The normalized spacial score (nSPS) is 15.1. The van der Waals surface area contributed by atoms with Gasteiger partial charge in [0.2, 0.25) is 0 Å². The minimum absolute atomic E-state index is 0.0663. The molecule has 1 aromatic rings. The number of carboxylic acid groups (broad SMARTS) is 1. The Labute approximate surface area is 123 Å². The van der Waals surface area contributed by atoms with Crippen LogP contribution in [0.2, 0.25) is 0 Å². The van der Waals surface area contributed by atoms with E-state index in [0.717, 1.165) is 25.7 Å². The Morgan fingerprint density at radius 1 is 1.29 bits per heavy atom. The van der Waals surface area contributed by atoms with Gasteiger partial charge in [-0.05, 0) is 25.0 Å². The van der Waals surface area contributed by atoms with Crippen molar-refractivity contribution in [3.63, 3.8) is 0 Å². The van der Waals surface area contributed by atoms with E-state index >= 15 is 0 Å². The number of carboxylic acids is 1. The Morgan fingerprint density at radius 3 is 2.67 bits per heavy atom. The van der Waals surface area contributed by atoms with E-state index in [1.165, 1.54) is 0 Å². The Balaban J connectivity index is 1.83. The second kappa shape index (κ2) is 7.58. The average Bonchev–Trinajstić information content (AvgIpc) is 2.99. The van der Waals surface area contributed by atoms with Gasteiger partial charge in [-0.3, -0.25) is 25.3 Å². The summed E-state index contributed by atoms with van der Waals surface area (Å²) < 4.78 is 0. The molecule has 0 unspecified atom stereocenters. The van der Waals surface area contributed by atoms with Crippen LogP contribution in [-0.4, -0.2) is 46.0 Å². The number of hydrogen-bond acceptors (Lipinski definition) is 5. The Bertz CT molecular complexity index is 474. The van der Waals surface area contributed by atoms with Crippen LogP contribution in [0.25, 0.3) is 0 Å². The van der Waals surface area contributed by atoms with Crippen LogP contribution >= 0.6 is 0 Å². The van der Waals surface area contributed by atoms with Crippen molar-refractivity contribution in [1.82, 2.24) is 15.3 Å². The predicted molar refractivity (Wildman–Crippen MR) is 77.5 cm³/mol. The van der Waals surface area contributed by atoms with E-state index in [1.54, 1.807) is 29.3 Å². The molecule has 2 rings (SSSR count). The topological polar surface area (TPSA) is 94.6 Å². The van der Waals surface area contributed by atoms with Gasteiger partial charge in [0, 0.05) is 12.2 Å². The van der Waals surface area contributed by atoms with E-state index in [9.17, 15) is 9.59 Å². The number of pyridine rings is 1. The third kappa shape index (κ3) is 5.03. The molecule has 1 aliphatic carbocycles. The fourth-order valence-electron chi connectivity index (χ4n) is 2.55. The van der Waals surface area contributed by atoms with Crippen molar-refractivity contribution in [2.24, 2.45) is 0 Å². The summed E-state index contributed by atoms with van der Waals surface area (Å²) in [5.74, 6) is -0.641. The lowest BCUT2D eigenvalue weighted by molar-refractivity contribution is -0.139. The van der Waals surface area contributed by atoms with Gasteiger partial charge in [0.25, 0.3) is 5.91 Å². The number of amides is 1. The number of nitrogens with zero attached hydrogens (tertiary/aromatic N) is 2. The SMILES string of the molecule is O=C(O)CN(CC(=O)NNc1ccccn1)C1CCCC1. The van der Waals surface area contributed by atoms with Crippen LogP contribution in [0, 0.1) is 0 Å². The molecule has 7 nitrogen and oxygen atoms in total. The zero-order valence-corrected chi connectivity index (χ0v) is 11.8. The van der Waals surface area contributed by atoms with Gasteiger partial charge in [0.15, 0.2) is 0 Å². The molecule has 1 heterocycles. The molecule has 21 heavy (non-hydrogen) atoms. The van der Waals surface area contributed by atoms with Gasteiger partial charge >= 0.3 is 5.97 Å². The summed E-state index contributed by atoms with van der Waals surface area (Å²) in [4.78, 5) is 28.6. The highest BCUT2D eigenvalue weighted by Gasteiger charge is 2.25. The Morgan fingerprint density at radius 2 is 2.05 bits per heavy atom. The Kier molecular flexibility index (Phi) is 5.51. The van der Waals surface area contributed by atoms with Gasteiger partial charge in [-0.1, -0.05) is 18.9 Å². The maximum absolute atomic E-state index is 11.9. The smallest absolute Gasteiger partial charge is 0.317 e. The van der Waals surface area contributed by atoms with E-state index in [1.807, 2.05) is 0 Å². The highest BCUT2D eigenvalue weighted by molar-refractivity contribution is 5.80. The molecular formula is C14H20N4O3. The number of aliphatic carboxylic acids is 1. The third-order valence-corrected chi connectivity index (χ3v) is 3.52. The molecule has 3 N–H and O–H groups in total. The zero-order chi connectivity index (χ0) is 15.1. The molecule has 0 aliphatic heterocycles. The molecule has 0 atom stereocenters. The average molecular weight is 292 g/mol. The number of hydrogen-bond donors (Lipinski definition) is 3. The molecule has 0 radical (unpaired) electrons. The molecule has 7 heteroatoms. The molecule has 0 spiro atoms. The van der Waals surface area contributed by atoms with Crippen LogP contribution < -0.4 is 10.9 Å². The van der Waals surface area contributed by atoms with Crippen LogP contribution in [0.1, 0.15) is 25.7 Å². The summed E-state index contributed by atoms with van der Waals surface area (Å²) in [6.45, 7) is -0.0432. The summed E-state index contributed by atoms with van der Waals surface area (Å²) in [6, 6.07) is 5.49. The summed E-state index contributed by atoms with van der Waals surface area (Å²) in [5.41, 5.74) is 5.25. The number of aromatic nitrogens is 1. The highest BCUT2D eigenvalue weighted by Crippen LogP contribution is 2.23. The molecule has 0 aromatic carbocycles. The van der Waals surface area contributed by atoms with Crippen molar-refractivity contribution in [1.29, 1.82) is 0 Å². The number of carbonyl (C=O) groups excluding carboxylic acids is 1. The van der Waals surface area contributed by atoms with Crippen molar-refractivity contribution in [2.45, 2.75) is 31.7 Å². The molecule has 114 valence electrons. The molecule has 1 amide bonds. The zero-order valence-electron chi connectivity index (χ0n) is 11.8. The van der Waals surface area contributed by atoms with Gasteiger partial charge in [-0.2, -0.15) is 0 Å². The van der Waals surface area contributed by atoms with Gasteiger partial charge in [0.1, 0.15) is 5.82 Å². The van der Waals surface area contributed by atoms with Crippen LogP contribution in [0.5, 0.6) is 0 Å². The van der Waals surface area contributed by atoms with Crippen molar-refractivity contribution in [3.8, 4) is 0 Å². The van der Waals surface area contributed by atoms with Gasteiger partial charge in [0.05, 0.1) is 13.1 Å². The molecule has 1 aromatic heterocycles. The van der Waals surface area contributed by atoms with Gasteiger partial charge in [-0.15, -0.1) is 0 Å². The number of hydrazine groups is 1. The second-order valence-electron chi connectivity index (χ2n) is 5.13. The molecule has 0 bridgehead atoms. The van der Waals surface area contributed by atoms with Crippen LogP contribution in [0.15, 0.2) is 24.4 Å². The van der Waals surface area contributed by atoms with E-state index in [-0.39, 0.29) is 25.0 Å². The minimum Gasteiger partial charge on any atom is -0.480 e. The molecular weight excluding hydrogens is 272 g/mol. The monoisotopic (exact) mass is 292 g/mol. The number of carbonyl (C=O) groups is 2. The summed E-state index contributed by atoms with van der Waals surface area (Å²) in [6.07, 6.45) is 5.70. The quantitative estimate of drug-likeness (QED) is 0.645. The largest absolute Gasteiger partial charge is 0.480 e. The summed E-state index contributed by atoms with van der Waals surface area (Å²) in [7, 11) is 0. The minimum atomic E-state index is -0.910. The first kappa shape index (κ1) is 15.2. The summed E-state index contributed by atoms with van der Waals surface area (Å²) in [5, 5.41) is 8.97. The lowest BCUT2D eigenvalue weighted by Gasteiger charge is -2.26. The van der Waals surface area contributed by atoms with E-state index in [2.05, 4.69) is 15.8 Å². The van der Waals surface area contributed by atoms with Crippen molar-refractivity contribution in [2.75, 3.05) is 18.5 Å². The van der Waals surface area contributed by atoms with Crippen molar-refractivity contribution < 1.29 is 14.7 Å².